The predicted octanol–water partition coefficient (Wildman–Crippen LogP) is 1.74. The molecule has 2 heterocycles. The van der Waals surface area contributed by atoms with Gasteiger partial charge in [0.25, 0.3) is 0 Å². The average Bonchev–Trinajstić information content (AvgIpc) is 2.45. The molecule has 0 aliphatic carbocycles. The van der Waals surface area contributed by atoms with Crippen molar-refractivity contribution in [2.45, 2.75) is 13.5 Å². The lowest BCUT2D eigenvalue weighted by Crippen LogP contribution is -2.09. The fraction of sp³-hybridized carbons (Fsp3) is 0.250. The minimum Gasteiger partial charge on any atom is -0.367 e. The van der Waals surface area contributed by atoms with E-state index in [2.05, 4.69) is 25.6 Å². The van der Waals surface area contributed by atoms with Crippen molar-refractivity contribution in [3.63, 3.8) is 0 Å². The number of aryl methyl sites for hydroxylation is 1. The fourth-order valence-corrected chi connectivity index (χ4v) is 1.72. The molecule has 2 aromatic heterocycles. The number of nitro groups is 1. The van der Waals surface area contributed by atoms with Gasteiger partial charge in [0, 0.05) is 26.0 Å². The lowest BCUT2D eigenvalue weighted by molar-refractivity contribution is -0.383. The maximum absolute atomic E-state index is 11.1. The van der Waals surface area contributed by atoms with Gasteiger partial charge in [-0.3, -0.25) is 15.1 Å². The van der Waals surface area contributed by atoms with E-state index in [1.165, 1.54) is 6.33 Å². The summed E-state index contributed by atoms with van der Waals surface area (Å²) in [5, 5.41) is 16.7. The third kappa shape index (κ3) is 2.79. The first-order valence-corrected chi connectivity index (χ1v) is 5.94. The summed E-state index contributed by atoms with van der Waals surface area (Å²) in [6.45, 7) is 2.35. The Morgan fingerprint density at radius 3 is 2.75 bits per heavy atom. The molecule has 8 heteroatoms. The monoisotopic (exact) mass is 274 g/mol. The number of hydrogen-bond donors (Lipinski definition) is 2. The second-order valence-electron chi connectivity index (χ2n) is 4.08. The zero-order chi connectivity index (χ0) is 14.5. The van der Waals surface area contributed by atoms with E-state index in [9.17, 15) is 10.1 Å². The van der Waals surface area contributed by atoms with Crippen LogP contribution >= 0.6 is 0 Å². The molecular weight excluding hydrogens is 260 g/mol. The summed E-state index contributed by atoms with van der Waals surface area (Å²) in [5.41, 5.74) is 1.83. The summed E-state index contributed by atoms with van der Waals surface area (Å²) in [7, 11) is 1.57. The summed E-state index contributed by atoms with van der Waals surface area (Å²) >= 11 is 0. The van der Waals surface area contributed by atoms with Gasteiger partial charge in [0.15, 0.2) is 0 Å². The van der Waals surface area contributed by atoms with Crippen molar-refractivity contribution in [3.05, 3.63) is 46.0 Å². The molecule has 0 aromatic carbocycles. The van der Waals surface area contributed by atoms with Crippen LogP contribution in [0.3, 0.4) is 0 Å². The molecule has 20 heavy (non-hydrogen) atoms. The Labute approximate surface area is 115 Å². The van der Waals surface area contributed by atoms with E-state index in [1.54, 1.807) is 19.4 Å². The normalized spacial score (nSPS) is 10.1. The van der Waals surface area contributed by atoms with Crippen LogP contribution in [0.25, 0.3) is 0 Å². The topological polar surface area (TPSA) is 106 Å². The average molecular weight is 274 g/mol. The van der Waals surface area contributed by atoms with Crippen LogP contribution in [0.4, 0.5) is 17.3 Å². The molecule has 0 aliphatic heterocycles. The lowest BCUT2D eigenvalue weighted by atomic mass is 10.1. The molecule has 0 aliphatic rings. The van der Waals surface area contributed by atoms with E-state index in [1.807, 2.05) is 13.0 Å². The second-order valence-corrected chi connectivity index (χ2v) is 4.08. The van der Waals surface area contributed by atoms with Crippen molar-refractivity contribution in [2.75, 3.05) is 17.7 Å². The van der Waals surface area contributed by atoms with E-state index in [0.717, 1.165) is 11.1 Å². The third-order valence-corrected chi connectivity index (χ3v) is 2.84. The maximum atomic E-state index is 11.1. The summed E-state index contributed by atoms with van der Waals surface area (Å²) in [4.78, 5) is 22.4. The van der Waals surface area contributed by atoms with Gasteiger partial charge in [-0.05, 0) is 24.1 Å². The first kappa shape index (κ1) is 13.7. The SMILES string of the molecule is CNc1ncnc(NCc2cnccc2C)c1[N+](=O)[O-]. The van der Waals surface area contributed by atoms with Gasteiger partial charge in [-0.25, -0.2) is 9.97 Å². The van der Waals surface area contributed by atoms with Crippen molar-refractivity contribution in [1.82, 2.24) is 15.0 Å². The largest absolute Gasteiger partial charge is 0.367 e. The first-order valence-electron chi connectivity index (χ1n) is 5.94. The Balaban J connectivity index is 2.26. The predicted molar refractivity (Wildman–Crippen MR) is 74.5 cm³/mol. The van der Waals surface area contributed by atoms with Crippen LogP contribution in [-0.4, -0.2) is 26.9 Å². The Kier molecular flexibility index (Phi) is 4.04. The van der Waals surface area contributed by atoms with Crippen LogP contribution in [0.15, 0.2) is 24.8 Å². The van der Waals surface area contributed by atoms with Crippen LogP contribution in [0.5, 0.6) is 0 Å². The number of pyridine rings is 1. The van der Waals surface area contributed by atoms with Crippen molar-refractivity contribution in [2.24, 2.45) is 0 Å². The number of nitrogens with one attached hydrogen (secondary N) is 2. The number of hydrogen-bond acceptors (Lipinski definition) is 7. The molecular formula is C12H14N6O2. The molecule has 0 fully saturated rings. The molecule has 0 radical (unpaired) electrons. The van der Waals surface area contributed by atoms with Gasteiger partial charge in [-0.1, -0.05) is 0 Å². The van der Waals surface area contributed by atoms with Crippen LogP contribution in [-0.2, 0) is 6.54 Å². The zero-order valence-corrected chi connectivity index (χ0v) is 11.1. The molecule has 0 amide bonds. The highest BCUT2D eigenvalue weighted by atomic mass is 16.6. The highest BCUT2D eigenvalue weighted by molar-refractivity contribution is 5.69. The van der Waals surface area contributed by atoms with Gasteiger partial charge < -0.3 is 10.6 Å². The molecule has 0 unspecified atom stereocenters. The standard InChI is InChI=1S/C12H14N6O2/c1-8-3-4-14-5-9(8)6-15-12-10(18(19)20)11(13-2)16-7-17-12/h3-5,7H,6H2,1-2H3,(H2,13,15,16,17). The minimum atomic E-state index is -0.510. The lowest BCUT2D eigenvalue weighted by Gasteiger charge is -2.09. The van der Waals surface area contributed by atoms with Gasteiger partial charge in [0.1, 0.15) is 6.33 Å². The molecule has 8 nitrogen and oxygen atoms in total. The number of rotatable bonds is 5. The zero-order valence-electron chi connectivity index (χ0n) is 11.1. The third-order valence-electron chi connectivity index (χ3n) is 2.84. The second kappa shape index (κ2) is 5.91. The highest BCUT2D eigenvalue weighted by Gasteiger charge is 2.21. The Hall–Kier alpha value is -2.77. The molecule has 0 atom stereocenters. The number of anilines is 2. The smallest absolute Gasteiger partial charge is 0.353 e. The highest BCUT2D eigenvalue weighted by Crippen LogP contribution is 2.28. The van der Waals surface area contributed by atoms with E-state index < -0.39 is 4.92 Å². The Bertz CT molecular complexity index is 631. The van der Waals surface area contributed by atoms with Gasteiger partial charge in [0.05, 0.1) is 4.92 Å². The maximum Gasteiger partial charge on any atom is 0.353 e. The van der Waals surface area contributed by atoms with Crippen molar-refractivity contribution < 1.29 is 4.92 Å². The Morgan fingerprint density at radius 2 is 2.10 bits per heavy atom. The molecule has 2 N–H and O–H groups in total. The minimum absolute atomic E-state index is 0.170. The number of aromatic nitrogens is 3. The van der Waals surface area contributed by atoms with E-state index in [-0.39, 0.29) is 17.3 Å². The molecule has 2 rings (SSSR count). The Morgan fingerprint density at radius 1 is 1.35 bits per heavy atom. The van der Waals surface area contributed by atoms with Crippen molar-refractivity contribution in [1.29, 1.82) is 0 Å². The summed E-state index contributed by atoms with van der Waals surface area (Å²) in [5.74, 6) is 0.355. The van der Waals surface area contributed by atoms with E-state index in [0.29, 0.717) is 6.54 Å². The molecule has 0 saturated carbocycles. The van der Waals surface area contributed by atoms with Crippen LogP contribution in [0.2, 0.25) is 0 Å². The molecule has 2 aromatic rings. The molecule has 0 bridgehead atoms. The molecule has 104 valence electrons. The van der Waals surface area contributed by atoms with Crippen molar-refractivity contribution in [3.8, 4) is 0 Å². The van der Waals surface area contributed by atoms with Gasteiger partial charge >= 0.3 is 5.69 Å². The van der Waals surface area contributed by atoms with Gasteiger partial charge in [-0.2, -0.15) is 0 Å². The quantitative estimate of drug-likeness (QED) is 0.631. The summed E-state index contributed by atoms with van der Waals surface area (Å²) in [6.07, 6.45) is 4.69. The summed E-state index contributed by atoms with van der Waals surface area (Å²) in [6, 6.07) is 1.88. The van der Waals surface area contributed by atoms with Crippen molar-refractivity contribution >= 4 is 17.3 Å². The van der Waals surface area contributed by atoms with Crippen LogP contribution < -0.4 is 10.6 Å². The van der Waals surface area contributed by atoms with Crippen LogP contribution in [0.1, 0.15) is 11.1 Å². The molecule has 0 saturated heterocycles. The fourth-order valence-electron chi connectivity index (χ4n) is 1.72. The summed E-state index contributed by atoms with van der Waals surface area (Å²) < 4.78 is 0. The van der Waals surface area contributed by atoms with Gasteiger partial charge in [0.2, 0.25) is 11.6 Å². The number of nitrogens with zero attached hydrogens (tertiary/aromatic N) is 4. The van der Waals surface area contributed by atoms with Gasteiger partial charge in [-0.15, -0.1) is 0 Å². The molecule has 0 spiro atoms. The first-order chi connectivity index (χ1) is 9.63. The van der Waals surface area contributed by atoms with Crippen LogP contribution in [0, 0.1) is 17.0 Å². The van der Waals surface area contributed by atoms with E-state index in [4.69, 9.17) is 0 Å². The van der Waals surface area contributed by atoms with E-state index >= 15 is 0 Å².